The molecule has 164 valence electrons. The summed E-state index contributed by atoms with van der Waals surface area (Å²) >= 11 is 0. The Morgan fingerprint density at radius 1 is 1.00 bits per heavy atom. The van der Waals surface area contributed by atoms with Crippen molar-refractivity contribution < 1.29 is 4.79 Å². The Morgan fingerprint density at radius 3 is 2.34 bits per heavy atom. The van der Waals surface area contributed by atoms with Gasteiger partial charge in [0.25, 0.3) is 5.56 Å². The molecule has 0 saturated heterocycles. The van der Waals surface area contributed by atoms with Crippen molar-refractivity contribution >= 4 is 16.8 Å². The van der Waals surface area contributed by atoms with Crippen molar-refractivity contribution in [1.29, 1.82) is 0 Å². The van der Waals surface area contributed by atoms with Crippen LogP contribution in [0.15, 0.2) is 65.5 Å². The van der Waals surface area contributed by atoms with E-state index in [1.807, 2.05) is 62.4 Å². The van der Waals surface area contributed by atoms with Crippen LogP contribution >= 0.6 is 0 Å². The third-order valence-electron chi connectivity index (χ3n) is 5.71. The van der Waals surface area contributed by atoms with Gasteiger partial charge in [0.05, 0.1) is 29.0 Å². The van der Waals surface area contributed by atoms with Crippen LogP contribution in [0.25, 0.3) is 16.6 Å². The summed E-state index contributed by atoms with van der Waals surface area (Å²) in [6.07, 6.45) is 0.178. The van der Waals surface area contributed by atoms with Gasteiger partial charge in [-0.05, 0) is 37.5 Å². The smallest absolute Gasteiger partial charge is 0.295 e. The van der Waals surface area contributed by atoms with E-state index in [2.05, 4.69) is 34.6 Å². The minimum Gasteiger partial charge on any atom is -0.355 e. The SMILES string of the molecule is Cc1nn(CCC(=O)NC[C@@H](C)c2ccccc2)c(=O)c2nn(-c3ccccc3)c(C)c12. The van der Waals surface area contributed by atoms with Crippen molar-refractivity contribution in [1.82, 2.24) is 24.9 Å². The maximum Gasteiger partial charge on any atom is 0.295 e. The van der Waals surface area contributed by atoms with Crippen LogP contribution in [0.1, 0.15) is 36.2 Å². The molecule has 4 rings (SSSR count). The van der Waals surface area contributed by atoms with E-state index in [9.17, 15) is 9.59 Å². The van der Waals surface area contributed by atoms with Gasteiger partial charge < -0.3 is 5.32 Å². The molecule has 1 atom stereocenters. The first-order valence-electron chi connectivity index (χ1n) is 10.8. The first kappa shape index (κ1) is 21.5. The number of rotatable bonds is 7. The third-order valence-corrected chi connectivity index (χ3v) is 5.71. The summed E-state index contributed by atoms with van der Waals surface area (Å²) in [7, 11) is 0. The van der Waals surface area contributed by atoms with Gasteiger partial charge in [0.1, 0.15) is 0 Å². The number of aromatic nitrogens is 4. The number of hydrogen-bond acceptors (Lipinski definition) is 4. The van der Waals surface area contributed by atoms with Gasteiger partial charge in [-0.3, -0.25) is 9.59 Å². The Hall–Kier alpha value is -3.74. The van der Waals surface area contributed by atoms with E-state index < -0.39 is 0 Å². The number of para-hydroxylation sites is 1. The third kappa shape index (κ3) is 4.32. The van der Waals surface area contributed by atoms with Gasteiger partial charge in [-0.1, -0.05) is 55.5 Å². The van der Waals surface area contributed by atoms with E-state index in [0.29, 0.717) is 12.1 Å². The zero-order valence-electron chi connectivity index (χ0n) is 18.6. The highest BCUT2D eigenvalue weighted by Gasteiger charge is 2.18. The maximum atomic E-state index is 13.0. The maximum absolute atomic E-state index is 13.0. The van der Waals surface area contributed by atoms with Crippen LogP contribution in [0.5, 0.6) is 0 Å². The standard InChI is InChI=1S/C25H27N5O2/c1-17(20-10-6-4-7-11-20)16-26-22(31)14-15-29-25(32)24-23(18(2)27-29)19(3)30(28-24)21-12-8-5-9-13-21/h4-13,17H,14-16H2,1-3H3,(H,26,31)/t17-/m1/s1. The molecule has 32 heavy (non-hydrogen) atoms. The summed E-state index contributed by atoms with van der Waals surface area (Å²) in [5, 5.41) is 12.7. The number of aryl methyl sites for hydroxylation is 3. The summed E-state index contributed by atoms with van der Waals surface area (Å²) in [5.41, 5.74) is 3.74. The molecule has 1 N–H and O–H groups in total. The average Bonchev–Trinajstić information content (AvgIpc) is 3.18. The highest BCUT2D eigenvalue weighted by Crippen LogP contribution is 2.21. The average molecular weight is 430 g/mol. The van der Waals surface area contributed by atoms with Crippen molar-refractivity contribution in [3.05, 3.63) is 88.0 Å². The van der Waals surface area contributed by atoms with E-state index >= 15 is 0 Å². The molecule has 0 fully saturated rings. The second kappa shape index (κ2) is 9.18. The lowest BCUT2D eigenvalue weighted by atomic mass is 10.0. The summed E-state index contributed by atoms with van der Waals surface area (Å²) in [5.74, 6) is 0.106. The topological polar surface area (TPSA) is 81.8 Å². The fourth-order valence-electron chi connectivity index (χ4n) is 3.92. The summed E-state index contributed by atoms with van der Waals surface area (Å²) in [4.78, 5) is 25.4. The van der Waals surface area contributed by atoms with Crippen LogP contribution in [0.4, 0.5) is 0 Å². The Balaban J connectivity index is 1.48. The number of nitrogens with one attached hydrogen (secondary N) is 1. The molecule has 1 amide bonds. The van der Waals surface area contributed by atoms with Crippen LogP contribution in [-0.4, -0.2) is 32.0 Å². The first-order chi connectivity index (χ1) is 15.5. The van der Waals surface area contributed by atoms with Crippen LogP contribution < -0.4 is 10.9 Å². The van der Waals surface area contributed by atoms with Crippen molar-refractivity contribution in [3.63, 3.8) is 0 Å². The number of fused-ring (bicyclic) bond motifs is 1. The lowest BCUT2D eigenvalue weighted by molar-refractivity contribution is -0.121. The second-order valence-electron chi connectivity index (χ2n) is 8.04. The first-order valence-corrected chi connectivity index (χ1v) is 10.8. The molecule has 0 aliphatic carbocycles. The van der Waals surface area contributed by atoms with Crippen LogP contribution in [0.3, 0.4) is 0 Å². The Labute approximate surface area is 186 Å². The number of benzene rings is 2. The molecule has 4 aromatic rings. The van der Waals surface area contributed by atoms with E-state index in [-0.39, 0.29) is 30.3 Å². The molecule has 2 aromatic heterocycles. The van der Waals surface area contributed by atoms with Gasteiger partial charge in [0.15, 0.2) is 5.52 Å². The predicted molar refractivity (Wildman–Crippen MR) is 125 cm³/mol. The Bertz CT molecular complexity index is 1290. The molecule has 7 nitrogen and oxygen atoms in total. The Morgan fingerprint density at radius 2 is 1.66 bits per heavy atom. The molecule has 0 aliphatic heterocycles. The van der Waals surface area contributed by atoms with Gasteiger partial charge in [0, 0.05) is 13.0 Å². The largest absolute Gasteiger partial charge is 0.355 e. The summed E-state index contributed by atoms with van der Waals surface area (Å²) in [6, 6.07) is 19.8. The van der Waals surface area contributed by atoms with Gasteiger partial charge in [-0.2, -0.15) is 10.2 Å². The monoisotopic (exact) mass is 429 g/mol. The predicted octanol–water partition coefficient (Wildman–Crippen LogP) is 3.51. The van der Waals surface area contributed by atoms with Gasteiger partial charge >= 0.3 is 0 Å². The molecule has 0 radical (unpaired) electrons. The van der Waals surface area contributed by atoms with Crippen molar-refractivity contribution in [2.45, 2.75) is 39.7 Å². The quantitative estimate of drug-likeness (QED) is 0.487. The molecule has 0 aliphatic rings. The minimum absolute atomic E-state index is 0.106. The number of carbonyl (C=O) groups is 1. The lowest BCUT2D eigenvalue weighted by Crippen LogP contribution is -2.31. The van der Waals surface area contributed by atoms with E-state index in [0.717, 1.165) is 22.5 Å². The molecular weight excluding hydrogens is 402 g/mol. The van der Waals surface area contributed by atoms with E-state index in [1.54, 1.807) is 4.68 Å². The summed E-state index contributed by atoms with van der Waals surface area (Å²) in [6.45, 7) is 6.62. The molecule has 2 aromatic carbocycles. The fourth-order valence-corrected chi connectivity index (χ4v) is 3.92. The van der Waals surface area contributed by atoms with Crippen molar-refractivity contribution in [2.24, 2.45) is 0 Å². The highest BCUT2D eigenvalue weighted by molar-refractivity contribution is 5.83. The number of hydrogen-bond donors (Lipinski definition) is 1. The van der Waals surface area contributed by atoms with Gasteiger partial charge in [-0.25, -0.2) is 9.36 Å². The molecule has 0 saturated carbocycles. The number of nitrogens with zero attached hydrogens (tertiary/aromatic N) is 4. The molecule has 0 spiro atoms. The molecule has 2 heterocycles. The van der Waals surface area contributed by atoms with E-state index in [1.165, 1.54) is 10.2 Å². The highest BCUT2D eigenvalue weighted by atomic mass is 16.2. The number of amides is 1. The molecule has 7 heteroatoms. The van der Waals surface area contributed by atoms with Gasteiger partial charge in [0.2, 0.25) is 5.91 Å². The number of carbonyl (C=O) groups excluding carboxylic acids is 1. The van der Waals surface area contributed by atoms with Crippen molar-refractivity contribution in [2.75, 3.05) is 6.54 Å². The zero-order chi connectivity index (χ0) is 22.7. The molecule has 0 unspecified atom stereocenters. The van der Waals surface area contributed by atoms with Crippen molar-refractivity contribution in [3.8, 4) is 5.69 Å². The molecular formula is C25H27N5O2. The van der Waals surface area contributed by atoms with Crippen LogP contribution in [0.2, 0.25) is 0 Å². The van der Waals surface area contributed by atoms with Crippen LogP contribution in [-0.2, 0) is 11.3 Å². The zero-order valence-corrected chi connectivity index (χ0v) is 18.6. The minimum atomic E-state index is -0.283. The summed E-state index contributed by atoms with van der Waals surface area (Å²) < 4.78 is 3.11. The fraction of sp³-hybridized carbons (Fsp3) is 0.280. The lowest BCUT2D eigenvalue weighted by Gasteiger charge is -2.13. The normalized spacial score (nSPS) is 12.1. The van der Waals surface area contributed by atoms with Gasteiger partial charge in [-0.15, -0.1) is 0 Å². The van der Waals surface area contributed by atoms with E-state index in [4.69, 9.17) is 0 Å². The second-order valence-corrected chi connectivity index (χ2v) is 8.04. The molecule has 0 bridgehead atoms. The van der Waals surface area contributed by atoms with Crippen LogP contribution in [0, 0.1) is 13.8 Å². The Kier molecular flexibility index (Phi) is 6.16.